The molecular formula is C16H21N3O2S. The van der Waals surface area contributed by atoms with Gasteiger partial charge in [-0.15, -0.1) is 0 Å². The third-order valence-corrected chi connectivity index (χ3v) is 4.38. The van der Waals surface area contributed by atoms with Crippen LogP contribution in [0.25, 0.3) is 0 Å². The van der Waals surface area contributed by atoms with E-state index < -0.39 is 0 Å². The van der Waals surface area contributed by atoms with E-state index in [9.17, 15) is 0 Å². The van der Waals surface area contributed by atoms with Crippen molar-refractivity contribution in [3.8, 4) is 11.5 Å². The molecule has 1 aromatic rings. The summed E-state index contributed by atoms with van der Waals surface area (Å²) in [6.07, 6.45) is 1.10. The van der Waals surface area contributed by atoms with Crippen molar-refractivity contribution in [3.63, 3.8) is 0 Å². The van der Waals surface area contributed by atoms with Crippen LogP contribution in [0.15, 0.2) is 28.3 Å². The van der Waals surface area contributed by atoms with E-state index >= 15 is 0 Å². The minimum absolute atomic E-state index is 0.600. The number of hydrazone groups is 1. The summed E-state index contributed by atoms with van der Waals surface area (Å²) in [5, 5.41) is 5.35. The molecule has 1 aromatic carbocycles. The summed E-state index contributed by atoms with van der Waals surface area (Å²) in [5.74, 6) is 3.10. The first kappa shape index (κ1) is 15.2. The summed E-state index contributed by atoms with van der Waals surface area (Å²) in [5.41, 5.74) is 5.12. The highest BCUT2D eigenvalue weighted by atomic mass is 32.2. The summed E-state index contributed by atoms with van der Waals surface area (Å²) < 4.78 is 11.2. The lowest BCUT2D eigenvalue weighted by Gasteiger charge is -2.20. The van der Waals surface area contributed by atoms with Crippen molar-refractivity contribution in [2.45, 2.75) is 20.3 Å². The Morgan fingerprint density at radius 2 is 2.09 bits per heavy atom. The zero-order valence-electron chi connectivity index (χ0n) is 13.0. The van der Waals surface area contributed by atoms with Crippen LogP contribution in [0, 0.1) is 5.92 Å². The molecule has 118 valence electrons. The Hall–Kier alpha value is -1.69. The molecule has 0 radical (unpaired) electrons. The number of nitrogens with zero attached hydrogens (tertiary/aromatic N) is 2. The van der Waals surface area contributed by atoms with Gasteiger partial charge < -0.3 is 9.47 Å². The van der Waals surface area contributed by atoms with Gasteiger partial charge in [-0.2, -0.15) is 5.10 Å². The maximum atomic E-state index is 5.62. The summed E-state index contributed by atoms with van der Waals surface area (Å²) in [7, 11) is 0. The van der Waals surface area contributed by atoms with Crippen molar-refractivity contribution >= 4 is 22.6 Å². The molecule has 5 nitrogen and oxygen atoms in total. The molecule has 0 saturated carbocycles. The van der Waals surface area contributed by atoms with Crippen LogP contribution in [0.4, 0.5) is 0 Å². The van der Waals surface area contributed by atoms with Crippen LogP contribution in [0.3, 0.4) is 0 Å². The minimum atomic E-state index is 0.600. The number of fused-ring (bicyclic) bond motifs is 1. The first-order valence-corrected chi connectivity index (χ1v) is 8.61. The van der Waals surface area contributed by atoms with E-state index in [2.05, 4.69) is 29.4 Å². The van der Waals surface area contributed by atoms with Crippen molar-refractivity contribution in [1.29, 1.82) is 0 Å². The second kappa shape index (κ2) is 7.05. The molecular weight excluding hydrogens is 298 g/mol. The molecule has 0 atom stereocenters. The van der Waals surface area contributed by atoms with Crippen LogP contribution in [0.5, 0.6) is 11.5 Å². The molecule has 2 aliphatic heterocycles. The number of rotatable bonds is 4. The molecule has 1 N–H and O–H groups in total. The van der Waals surface area contributed by atoms with Gasteiger partial charge >= 0.3 is 0 Å². The van der Waals surface area contributed by atoms with Gasteiger partial charge in [-0.05, 0) is 30.5 Å². The van der Waals surface area contributed by atoms with Crippen LogP contribution in [0.2, 0.25) is 0 Å². The first-order valence-electron chi connectivity index (χ1n) is 7.62. The SMILES string of the molecule is CC(C)CCN=C1NN=C(c2ccc3c(c2)OCCO3)CS1. The molecule has 2 aliphatic rings. The first-order chi connectivity index (χ1) is 10.7. The van der Waals surface area contributed by atoms with Crippen molar-refractivity contribution in [1.82, 2.24) is 5.43 Å². The van der Waals surface area contributed by atoms with Gasteiger partial charge in [0.2, 0.25) is 0 Å². The monoisotopic (exact) mass is 319 g/mol. The predicted octanol–water partition coefficient (Wildman–Crippen LogP) is 2.90. The standard InChI is InChI=1S/C16H21N3O2S/c1-11(2)5-6-17-16-19-18-13(10-22-16)12-3-4-14-15(9-12)21-8-7-20-14/h3-4,9,11H,5-8,10H2,1-2H3,(H,17,19). The lowest BCUT2D eigenvalue weighted by Crippen LogP contribution is -2.26. The van der Waals surface area contributed by atoms with E-state index in [1.807, 2.05) is 18.2 Å². The van der Waals surface area contributed by atoms with Gasteiger partial charge in [0.1, 0.15) is 13.2 Å². The number of amidine groups is 1. The van der Waals surface area contributed by atoms with Gasteiger partial charge in [0.15, 0.2) is 16.7 Å². The zero-order chi connectivity index (χ0) is 15.4. The summed E-state index contributed by atoms with van der Waals surface area (Å²) >= 11 is 1.69. The maximum Gasteiger partial charge on any atom is 0.177 e. The smallest absolute Gasteiger partial charge is 0.177 e. The summed E-state index contributed by atoms with van der Waals surface area (Å²) in [6.45, 7) is 6.48. The van der Waals surface area contributed by atoms with E-state index in [0.29, 0.717) is 19.1 Å². The lowest BCUT2D eigenvalue weighted by molar-refractivity contribution is 0.171. The van der Waals surface area contributed by atoms with Crippen molar-refractivity contribution < 1.29 is 9.47 Å². The molecule has 6 heteroatoms. The molecule has 0 spiro atoms. The molecule has 0 amide bonds. The maximum absolute atomic E-state index is 5.62. The Labute approximate surface area is 135 Å². The molecule has 22 heavy (non-hydrogen) atoms. The third-order valence-electron chi connectivity index (χ3n) is 3.47. The molecule has 0 fully saturated rings. The quantitative estimate of drug-likeness (QED) is 0.927. The number of nitrogens with one attached hydrogen (secondary N) is 1. The normalized spacial score (nSPS) is 19.0. The van der Waals surface area contributed by atoms with Gasteiger partial charge in [-0.3, -0.25) is 10.4 Å². The highest BCUT2D eigenvalue weighted by molar-refractivity contribution is 8.14. The number of benzene rings is 1. The lowest BCUT2D eigenvalue weighted by atomic mass is 10.1. The van der Waals surface area contributed by atoms with E-state index in [-0.39, 0.29) is 0 Å². The average Bonchev–Trinajstić information content (AvgIpc) is 2.55. The topological polar surface area (TPSA) is 55.2 Å². The zero-order valence-corrected chi connectivity index (χ0v) is 13.8. The second-order valence-corrected chi connectivity index (χ2v) is 6.65. The van der Waals surface area contributed by atoms with Crippen LogP contribution in [-0.4, -0.2) is 36.4 Å². The van der Waals surface area contributed by atoms with E-state index in [1.165, 1.54) is 0 Å². The number of ether oxygens (including phenoxy) is 2. The molecule has 0 aromatic heterocycles. The number of thioether (sulfide) groups is 1. The molecule has 2 heterocycles. The van der Waals surface area contributed by atoms with Gasteiger partial charge in [0.05, 0.1) is 5.71 Å². The van der Waals surface area contributed by atoms with Crippen molar-refractivity contribution in [2.75, 3.05) is 25.5 Å². The largest absolute Gasteiger partial charge is 0.486 e. The molecule has 0 aliphatic carbocycles. The van der Waals surface area contributed by atoms with Crippen LogP contribution >= 0.6 is 11.8 Å². The van der Waals surface area contributed by atoms with Crippen LogP contribution in [0.1, 0.15) is 25.8 Å². The third kappa shape index (κ3) is 3.74. The van der Waals surface area contributed by atoms with Crippen molar-refractivity contribution in [2.24, 2.45) is 16.0 Å². The highest BCUT2D eigenvalue weighted by Gasteiger charge is 2.17. The van der Waals surface area contributed by atoms with E-state index in [4.69, 9.17) is 9.47 Å². The number of hydrogen-bond acceptors (Lipinski definition) is 5. The van der Waals surface area contributed by atoms with Crippen LogP contribution < -0.4 is 14.9 Å². The Kier molecular flexibility index (Phi) is 4.87. The summed E-state index contributed by atoms with van der Waals surface area (Å²) in [6, 6.07) is 5.97. The van der Waals surface area contributed by atoms with E-state index in [0.717, 1.165) is 46.7 Å². The summed E-state index contributed by atoms with van der Waals surface area (Å²) in [4.78, 5) is 4.54. The van der Waals surface area contributed by atoms with Gasteiger partial charge in [0.25, 0.3) is 0 Å². The predicted molar refractivity (Wildman–Crippen MR) is 91.3 cm³/mol. The molecule has 3 rings (SSSR count). The Balaban J connectivity index is 1.65. The molecule has 0 bridgehead atoms. The van der Waals surface area contributed by atoms with Gasteiger partial charge in [-0.1, -0.05) is 25.6 Å². The molecule has 0 saturated heterocycles. The fraction of sp³-hybridized carbons (Fsp3) is 0.500. The minimum Gasteiger partial charge on any atom is -0.486 e. The van der Waals surface area contributed by atoms with E-state index in [1.54, 1.807) is 11.8 Å². The Morgan fingerprint density at radius 1 is 1.27 bits per heavy atom. The second-order valence-electron chi connectivity index (χ2n) is 5.69. The van der Waals surface area contributed by atoms with Gasteiger partial charge in [0, 0.05) is 17.9 Å². The Bertz CT molecular complexity index is 599. The Morgan fingerprint density at radius 3 is 2.82 bits per heavy atom. The van der Waals surface area contributed by atoms with Crippen molar-refractivity contribution in [3.05, 3.63) is 23.8 Å². The number of aliphatic imine (C=N–C) groups is 1. The fourth-order valence-electron chi connectivity index (χ4n) is 2.19. The number of hydrogen-bond donors (Lipinski definition) is 1. The van der Waals surface area contributed by atoms with Gasteiger partial charge in [-0.25, -0.2) is 0 Å². The average molecular weight is 319 g/mol. The molecule has 0 unspecified atom stereocenters. The fourth-order valence-corrected chi connectivity index (χ4v) is 2.99. The van der Waals surface area contributed by atoms with Crippen LogP contribution in [-0.2, 0) is 0 Å². The highest BCUT2D eigenvalue weighted by Crippen LogP contribution is 2.31.